The Morgan fingerprint density at radius 2 is 1.79 bits per heavy atom. The smallest absolute Gasteiger partial charge is 0.251 e. The van der Waals surface area contributed by atoms with Crippen molar-refractivity contribution >= 4 is 33.6 Å². The molecule has 2 aromatic carbocycles. The number of benzene rings is 2. The quantitative estimate of drug-likeness (QED) is 0.440. The van der Waals surface area contributed by atoms with Crippen LogP contribution in [0.15, 0.2) is 64.2 Å². The molecule has 0 radical (unpaired) electrons. The molecule has 7 heteroatoms. The van der Waals surface area contributed by atoms with Crippen LogP contribution in [-0.4, -0.2) is 20.7 Å². The summed E-state index contributed by atoms with van der Waals surface area (Å²) in [7, 11) is 0. The largest absolute Gasteiger partial charge is 0.342 e. The first-order valence-corrected chi connectivity index (χ1v) is 11.4. The Kier molecular flexibility index (Phi) is 7.50. The number of rotatable bonds is 8. The summed E-state index contributed by atoms with van der Waals surface area (Å²) in [5.74, 6) is 1.69. The van der Waals surface area contributed by atoms with E-state index in [9.17, 15) is 4.79 Å². The highest BCUT2D eigenvalue weighted by atomic mass is 79.9. The van der Waals surface area contributed by atoms with Gasteiger partial charge in [-0.15, -0.1) is 10.2 Å². The van der Waals surface area contributed by atoms with Gasteiger partial charge >= 0.3 is 0 Å². The van der Waals surface area contributed by atoms with Crippen LogP contribution in [0.1, 0.15) is 48.6 Å². The second-order valence-corrected chi connectivity index (χ2v) is 8.92. The van der Waals surface area contributed by atoms with Crippen molar-refractivity contribution in [1.82, 2.24) is 20.1 Å². The lowest BCUT2D eigenvalue weighted by Gasteiger charge is -2.22. The summed E-state index contributed by atoms with van der Waals surface area (Å²) in [4.78, 5) is 12.7. The van der Waals surface area contributed by atoms with Crippen LogP contribution in [0.5, 0.6) is 0 Å². The summed E-state index contributed by atoms with van der Waals surface area (Å²) in [6.45, 7) is 6.99. The van der Waals surface area contributed by atoms with E-state index in [0.717, 1.165) is 27.8 Å². The van der Waals surface area contributed by atoms with Crippen molar-refractivity contribution in [2.45, 2.75) is 44.3 Å². The van der Waals surface area contributed by atoms with Gasteiger partial charge in [0.05, 0.1) is 6.04 Å². The molecule has 152 valence electrons. The Balaban J connectivity index is 1.78. The van der Waals surface area contributed by atoms with Crippen LogP contribution in [0.2, 0.25) is 0 Å². The van der Waals surface area contributed by atoms with E-state index in [0.29, 0.717) is 5.56 Å². The van der Waals surface area contributed by atoms with E-state index in [1.54, 1.807) is 11.8 Å². The molecule has 0 aliphatic rings. The summed E-state index contributed by atoms with van der Waals surface area (Å²) < 4.78 is 3.17. The zero-order valence-electron chi connectivity index (χ0n) is 16.8. The zero-order chi connectivity index (χ0) is 20.8. The van der Waals surface area contributed by atoms with Crippen molar-refractivity contribution in [3.63, 3.8) is 0 Å². The van der Waals surface area contributed by atoms with Crippen LogP contribution >= 0.6 is 27.7 Å². The minimum Gasteiger partial charge on any atom is -0.342 e. The number of aromatic nitrogens is 3. The predicted molar refractivity (Wildman–Crippen MR) is 121 cm³/mol. The molecule has 3 aromatic rings. The second-order valence-electron chi connectivity index (χ2n) is 7.06. The van der Waals surface area contributed by atoms with Crippen LogP contribution in [0.25, 0.3) is 0 Å². The molecule has 0 aliphatic carbocycles. The van der Waals surface area contributed by atoms with Crippen molar-refractivity contribution in [3.05, 3.63) is 76.0 Å². The monoisotopic (exact) mass is 472 g/mol. The predicted octanol–water partition coefficient (Wildman–Crippen LogP) is 5.48. The van der Waals surface area contributed by atoms with E-state index in [-0.39, 0.29) is 17.9 Å². The number of carbonyl (C=O) groups is 1. The third-order valence-electron chi connectivity index (χ3n) is 4.61. The molecular weight excluding hydrogens is 448 g/mol. The van der Waals surface area contributed by atoms with E-state index in [2.05, 4.69) is 68.9 Å². The number of halogens is 1. The summed E-state index contributed by atoms with van der Waals surface area (Å²) in [5, 5.41) is 12.9. The van der Waals surface area contributed by atoms with Crippen molar-refractivity contribution in [2.24, 2.45) is 5.92 Å². The van der Waals surface area contributed by atoms with Gasteiger partial charge in [-0.3, -0.25) is 4.79 Å². The number of hydrogen-bond acceptors (Lipinski definition) is 4. The number of hydrogen-bond donors (Lipinski definition) is 1. The third-order valence-corrected chi connectivity index (χ3v) is 6.18. The Labute approximate surface area is 184 Å². The number of thioether (sulfide) groups is 1. The third kappa shape index (κ3) is 5.48. The van der Waals surface area contributed by atoms with Gasteiger partial charge in [0.1, 0.15) is 0 Å². The molecule has 0 bridgehead atoms. The van der Waals surface area contributed by atoms with Crippen LogP contribution in [0, 0.1) is 5.92 Å². The molecule has 0 saturated heterocycles. The minimum atomic E-state index is -0.211. The lowest BCUT2D eigenvalue weighted by atomic mass is 10.0. The molecule has 0 fully saturated rings. The molecule has 0 aliphatic heterocycles. The lowest BCUT2D eigenvalue weighted by Crippen LogP contribution is -2.33. The van der Waals surface area contributed by atoms with Crippen LogP contribution < -0.4 is 5.32 Å². The Hall–Kier alpha value is -2.12. The topological polar surface area (TPSA) is 59.8 Å². The molecule has 3 rings (SSSR count). The fraction of sp³-hybridized carbons (Fsp3) is 0.318. The van der Waals surface area contributed by atoms with Gasteiger partial charge in [-0.05, 0) is 42.7 Å². The molecular formula is C22H25BrN4OS. The highest BCUT2D eigenvalue weighted by molar-refractivity contribution is 9.10. The molecule has 1 heterocycles. The normalized spacial score (nSPS) is 12.2. The van der Waals surface area contributed by atoms with E-state index in [1.165, 1.54) is 5.56 Å². The fourth-order valence-corrected chi connectivity index (χ4v) is 4.24. The SMILES string of the molecule is CCn1c(SCc2ccc(Br)cc2)nnc1[C@@H](NC(=O)c1ccccc1)C(C)C. The van der Waals surface area contributed by atoms with Gasteiger partial charge in [-0.1, -0.05) is 71.9 Å². The molecule has 5 nitrogen and oxygen atoms in total. The summed E-state index contributed by atoms with van der Waals surface area (Å²) in [5.41, 5.74) is 1.87. The molecule has 0 saturated carbocycles. The maximum atomic E-state index is 12.7. The van der Waals surface area contributed by atoms with Crippen LogP contribution in [-0.2, 0) is 12.3 Å². The maximum absolute atomic E-state index is 12.7. The Morgan fingerprint density at radius 1 is 1.10 bits per heavy atom. The average molecular weight is 473 g/mol. The van der Waals surface area contributed by atoms with Gasteiger partial charge < -0.3 is 9.88 Å². The van der Waals surface area contributed by atoms with Gasteiger partial charge in [0, 0.05) is 22.3 Å². The van der Waals surface area contributed by atoms with E-state index in [1.807, 2.05) is 42.5 Å². The molecule has 1 amide bonds. The van der Waals surface area contributed by atoms with Crippen molar-refractivity contribution < 1.29 is 4.79 Å². The number of nitrogens with one attached hydrogen (secondary N) is 1. The second kappa shape index (κ2) is 10.1. The molecule has 0 spiro atoms. The van der Waals surface area contributed by atoms with E-state index in [4.69, 9.17) is 0 Å². The van der Waals surface area contributed by atoms with E-state index < -0.39 is 0 Å². The average Bonchev–Trinajstić information content (AvgIpc) is 3.14. The van der Waals surface area contributed by atoms with Crippen LogP contribution in [0.3, 0.4) is 0 Å². The Bertz CT molecular complexity index is 941. The van der Waals surface area contributed by atoms with Crippen LogP contribution in [0.4, 0.5) is 0 Å². The first kappa shape index (κ1) is 21.6. The molecule has 1 N–H and O–H groups in total. The van der Waals surface area contributed by atoms with Gasteiger partial charge in [0.15, 0.2) is 11.0 Å². The molecule has 0 unspecified atom stereocenters. The summed E-state index contributed by atoms with van der Waals surface area (Å²) >= 11 is 5.12. The van der Waals surface area contributed by atoms with Crippen molar-refractivity contribution in [3.8, 4) is 0 Å². The fourth-order valence-electron chi connectivity index (χ4n) is 3.01. The molecule has 1 atom stereocenters. The van der Waals surface area contributed by atoms with Crippen molar-refractivity contribution in [1.29, 1.82) is 0 Å². The van der Waals surface area contributed by atoms with Crippen molar-refractivity contribution in [2.75, 3.05) is 0 Å². The van der Waals surface area contributed by atoms with Gasteiger partial charge in [-0.2, -0.15) is 0 Å². The Morgan fingerprint density at radius 3 is 2.41 bits per heavy atom. The maximum Gasteiger partial charge on any atom is 0.251 e. The summed E-state index contributed by atoms with van der Waals surface area (Å²) in [6.07, 6.45) is 0. The molecule has 1 aromatic heterocycles. The first-order valence-electron chi connectivity index (χ1n) is 9.65. The first-order chi connectivity index (χ1) is 14.0. The summed E-state index contributed by atoms with van der Waals surface area (Å²) in [6, 6.07) is 17.3. The highest BCUT2D eigenvalue weighted by Crippen LogP contribution is 2.27. The number of nitrogens with zero attached hydrogens (tertiary/aromatic N) is 3. The van der Waals surface area contributed by atoms with Gasteiger partial charge in [0.25, 0.3) is 5.91 Å². The minimum absolute atomic E-state index is 0.0981. The highest BCUT2D eigenvalue weighted by Gasteiger charge is 2.26. The van der Waals surface area contributed by atoms with E-state index >= 15 is 0 Å². The van der Waals surface area contributed by atoms with Gasteiger partial charge in [0.2, 0.25) is 0 Å². The number of amides is 1. The lowest BCUT2D eigenvalue weighted by molar-refractivity contribution is 0.0922. The number of carbonyl (C=O) groups excluding carboxylic acids is 1. The zero-order valence-corrected chi connectivity index (χ0v) is 19.2. The van der Waals surface area contributed by atoms with Gasteiger partial charge in [-0.25, -0.2) is 0 Å². The standard InChI is InChI=1S/C22H25BrN4OS/c1-4-27-20(19(15(2)3)24-21(28)17-8-6-5-7-9-17)25-26-22(27)29-14-16-10-12-18(23)13-11-16/h5-13,15,19H,4,14H2,1-3H3,(H,24,28)/t19-/m0/s1. The molecule has 29 heavy (non-hydrogen) atoms.